The van der Waals surface area contributed by atoms with E-state index in [9.17, 15) is 27.9 Å². The summed E-state index contributed by atoms with van der Waals surface area (Å²) < 4.78 is 53.5. The van der Waals surface area contributed by atoms with Crippen LogP contribution in [0.3, 0.4) is 0 Å². The number of aliphatic hydroxyl groups is 1. The summed E-state index contributed by atoms with van der Waals surface area (Å²) in [5.74, 6) is -3.25. The Hall–Kier alpha value is -4.51. The fourth-order valence-electron chi connectivity index (χ4n) is 4.28. The maximum absolute atomic E-state index is 13.7. The Bertz CT molecular complexity index is 1600. The van der Waals surface area contributed by atoms with Crippen molar-refractivity contribution in [1.82, 2.24) is 4.98 Å². The highest BCUT2D eigenvalue weighted by atomic mass is 35.5. The third kappa shape index (κ3) is 4.52. The van der Waals surface area contributed by atoms with Crippen molar-refractivity contribution in [3.8, 4) is 11.5 Å². The number of anilines is 1. The van der Waals surface area contributed by atoms with Crippen LogP contribution < -0.4 is 14.4 Å². The van der Waals surface area contributed by atoms with Crippen LogP contribution in [0.2, 0.25) is 5.02 Å². The predicted molar refractivity (Wildman–Crippen MR) is 129 cm³/mol. The quantitative estimate of drug-likeness (QED) is 0.290. The fourth-order valence-corrected chi connectivity index (χ4v) is 4.49. The number of amides is 1. The number of Topliss-reactive ketones (excluding diaryl/α,β-unsaturated/α-hetero) is 1. The highest BCUT2D eigenvalue weighted by Gasteiger charge is 2.45. The van der Waals surface area contributed by atoms with E-state index in [2.05, 4.69) is 9.72 Å². The molecule has 8 nitrogen and oxygen atoms in total. The topological polar surface area (TPSA) is 102 Å². The van der Waals surface area contributed by atoms with Crippen LogP contribution in [0.15, 0.2) is 82.7 Å². The average Bonchev–Trinajstić information content (AvgIpc) is 3.41. The molecule has 1 amide bonds. The first-order chi connectivity index (χ1) is 18.1. The lowest BCUT2D eigenvalue weighted by molar-refractivity contribution is -0.274. The molecule has 0 aliphatic carbocycles. The van der Waals surface area contributed by atoms with Crippen molar-refractivity contribution < 1.29 is 41.8 Å². The number of nitrogens with zero attached hydrogens (tertiary/aromatic N) is 2. The van der Waals surface area contributed by atoms with Crippen molar-refractivity contribution in [3.63, 3.8) is 0 Å². The third-order valence-electron chi connectivity index (χ3n) is 5.79. The Morgan fingerprint density at radius 3 is 2.55 bits per heavy atom. The first kappa shape index (κ1) is 25.2. The molecule has 0 spiro atoms. The molecule has 5 rings (SSSR count). The molecule has 0 fully saturated rings. The van der Waals surface area contributed by atoms with Gasteiger partial charge in [-0.3, -0.25) is 19.5 Å². The van der Waals surface area contributed by atoms with E-state index in [1.807, 2.05) is 0 Å². The number of carbonyl (C=O) groups is 2. The summed E-state index contributed by atoms with van der Waals surface area (Å²) in [6, 6.07) is 10.9. The highest BCUT2D eigenvalue weighted by Crippen LogP contribution is 2.43. The van der Waals surface area contributed by atoms with E-state index < -0.39 is 35.6 Å². The summed E-state index contributed by atoms with van der Waals surface area (Å²) in [5.41, 5.74) is 0.192. The Morgan fingerprint density at radius 1 is 1.13 bits per heavy atom. The van der Waals surface area contributed by atoms with Gasteiger partial charge in [0.2, 0.25) is 5.78 Å². The van der Waals surface area contributed by atoms with Crippen LogP contribution in [0.1, 0.15) is 22.2 Å². The Morgan fingerprint density at radius 2 is 1.87 bits per heavy atom. The zero-order valence-corrected chi connectivity index (χ0v) is 20.1. The van der Waals surface area contributed by atoms with Gasteiger partial charge in [-0.05, 0) is 42.0 Å². The molecule has 194 valence electrons. The minimum absolute atomic E-state index is 0.0500. The summed E-state index contributed by atoms with van der Waals surface area (Å²) in [4.78, 5) is 31.9. The average molecular weight is 545 g/mol. The smallest absolute Gasteiger partial charge is 0.503 e. The zero-order chi connectivity index (χ0) is 27.2. The summed E-state index contributed by atoms with van der Waals surface area (Å²) in [7, 11) is 1.40. The number of rotatable bonds is 6. The lowest BCUT2D eigenvalue weighted by Crippen LogP contribution is -2.31. The number of ether oxygens (including phenoxy) is 2. The molecule has 2 aromatic heterocycles. The maximum atomic E-state index is 13.7. The van der Waals surface area contributed by atoms with Gasteiger partial charge in [-0.25, -0.2) is 0 Å². The second-order valence-corrected chi connectivity index (χ2v) is 8.57. The fraction of sp³-hybridized carbons (Fsp3) is 0.115. The lowest BCUT2D eigenvalue weighted by Gasteiger charge is -2.27. The van der Waals surface area contributed by atoms with E-state index in [-0.39, 0.29) is 28.4 Å². The normalized spacial score (nSPS) is 15.9. The number of benzene rings is 2. The molecule has 1 aliphatic heterocycles. The summed E-state index contributed by atoms with van der Waals surface area (Å²) >= 11 is 6.11. The number of fused-ring (bicyclic) bond motifs is 1. The molecule has 0 bridgehead atoms. The number of aliphatic hydroxyl groups excluding tert-OH is 1. The van der Waals surface area contributed by atoms with E-state index >= 15 is 0 Å². The number of pyridine rings is 1. The lowest BCUT2D eigenvalue weighted by atomic mass is 9.95. The highest BCUT2D eigenvalue weighted by molar-refractivity contribution is 6.31. The van der Waals surface area contributed by atoms with Crippen LogP contribution in [-0.4, -0.2) is 35.3 Å². The number of methoxy groups -OCH3 is 1. The van der Waals surface area contributed by atoms with Crippen LogP contribution in [-0.2, 0) is 4.79 Å². The van der Waals surface area contributed by atoms with Gasteiger partial charge in [0.25, 0.3) is 5.91 Å². The molecule has 0 saturated heterocycles. The minimum atomic E-state index is -4.97. The predicted octanol–water partition coefficient (Wildman–Crippen LogP) is 6.17. The van der Waals surface area contributed by atoms with E-state index in [0.717, 1.165) is 17.0 Å². The molecular weight excluding hydrogens is 529 g/mol. The molecular formula is C26H16ClF3N2O6. The molecule has 1 atom stereocenters. The van der Waals surface area contributed by atoms with E-state index in [4.69, 9.17) is 20.8 Å². The molecule has 0 radical (unpaired) electrons. The van der Waals surface area contributed by atoms with Crippen LogP contribution in [0.4, 0.5) is 18.9 Å². The molecule has 1 N–H and O–H groups in total. The summed E-state index contributed by atoms with van der Waals surface area (Å²) in [6.45, 7) is 0. The van der Waals surface area contributed by atoms with Crippen LogP contribution in [0.5, 0.6) is 11.5 Å². The largest absolute Gasteiger partial charge is 0.573 e. The van der Waals surface area contributed by atoms with Crippen molar-refractivity contribution in [3.05, 3.63) is 94.7 Å². The molecule has 4 aromatic rings. The van der Waals surface area contributed by atoms with Gasteiger partial charge in [0, 0.05) is 40.6 Å². The number of furan rings is 1. The molecule has 3 heterocycles. The first-order valence-electron chi connectivity index (χ1n) is 10.9. The molecule has 38 heavy (non-hydrogen) atoms. The maximum Gasteiger partial charge on any atom is 0.573 e. The first-order valence-corrected chi connectivity index (χ1v) is 11.3. The van der Waals surface area contributed by atoms with Crippen LogP contribution >= 0.6 is 11.6 Å². The Kier molecular flexibility index (Phi) is 6.23. The van der Waals surface area contributed by atoms with Gasteiger partial charge in [-0.2, -0.15) is 0 Å². The number of alkyl halides is 3. The molecule has 1 unspecified atom stereocenters. The van der Waals surface area contributed by atoms with Crippen molar-refractivity contribution in [2.24, 2.45) is 0 Å². The standard InChI is InChI=1S/C26H16ClF3N2O6/c1-36-19-11-15(27)9-14-10-18(37-24(14)19)22(33)20-21(13-5-7-31-8-6-13)32(25(35)23(20)34)16-3-2-4-17(12-16)38-26(28,29)30/h2-12,21,34H,1H3. The van der Waals surface area contributed by atoms with Gasteiger partial charge in [0.1, 0.15) is 5.75 Å². The van der Waals surface area contributed by atoms with Crippen molar-refractivity contribution in [2.75, 3.05) is 12.0 Å². The van der Waals surface area contributed by atoms with Crippen LogP contribution in [0.25, 0.3) is 11.0 Å². The number of aromatic nitrogens is 1. The number of ketones is 1. The Labute approximate surface area is 217 Å². The number of halogens is 4. The second-order valence-electron chi connectivity index (χ2n) is 8.13. The van der Waals surface area contributed by atoms with E-state index in [1.165, 1.54) is 55.9 Å². The van der Waals surface area contributed by atoms with Crippen LogP contribution in [0, 0.1) is 0 Å². The molecule has 1 aliphatic rings. The van der Waals surface area contributed by atoms with Gasteiger partial charge < -0.3 is 19.0 Å². The number of carbonyl (C=O) groups excluding carboxylic acids is 2. The van der Waals surface area contributed by atoms with Gasteiger partial charge in [-0.1, -0.05) is 17.7 Å². The van der Waals surface area contributed by atoms with E-state index in [1.54, 1.807) is 6.07 Å². The zero-order valence-electron chi connectivity index (χ0n) is 19.3. The Balaban J connectivity index is 1.63. The van der Waals surface area contributed by atoms with Gasteiger partial charge in [0.15, 0.2) is 22.9 Å². The summed E-state index contributed by atoms with van der Waals surface area (Å²) in [6.07, 6.45) is -2.15. The van der Waals surface area contributed by atoms with Gasteiger partial charge >= 0.3 is 6.36 Å². The van der Waals surface area contributed by atoms with Gasteiger partial charge in [0.05, 0.1) is 18.7 Å². The van der Waals surface area contributed by atoms with E-state index in [0.29, 0.717) is 16.0 Å². The SMILES string of the molecule is COc1cc(Cl)cc2cc(C(=O)C3=C(O)C(=O)N(c4cccc(OC(F)(F)F)c4)C3c3ccncc3)oc12. The third-order valence-corrected chi connectivity index (χ3v) is 6.01. The van der Waals surface area contributed by atoms with Gasteiger partial charge in [-0.15, -0.1) is 13.2 Å². The second kappa shape index (κ2) is 9.42. The monoisotopic (exact) mass is 544 g/mol. The summed E-state index contributed by atoms with van der Waals surface area (Å²) in [5, 5.41) is 11.7. The van der Waals surface area contributed by atoms with Crippen molar-refractivity contribution in [2.45, 2.75) is 12.4 Å². The number of hydrogen-bond donors (Lipinski definition) is 1. The molecule has 2 aromatic carbocycles. The number of hydrogen-bond acceptors (Lipinski definition) is 7. The molecule has 12 heteroatoms. The van der Waals surface area contributed by atoms with Crippen molar-refractivity contribution in [1.29, 1.82) is 0 Å². The minimum Gasteiger partial charge on any atom is -0.503 e. The molecule has 0 saturated carbocycles. The van der Waals surface area contributed by atoms with Crippen molar-refractivity contribution >= 4 is 39.9 Å².